The molecule has 1 N–H and O–H groups in total. The molecule has 1 unspecified atom stereocenters. The summed E-state index contributed by atoms with van der Waals surface area (Å²) in [6.45, 7) is 0.503. The highest BCUT2D eigenvalue weighted by atomic mass is 32.2. The number of amides is 1. The first-order valence-corrected chi connectivity index (χ1v) is 9.05. The number of hydrogen-bond donors (Lipinski definition) is 1. The average Bonchev–Trinajstić information content (AvgIpc) is 3.14. The molecule has 0 aliphatic carbocycles. The van der Waals surface area contributed by atoms with Crippen molar-refractivity contribution in [1.82, 2.24) is 20.1 Å². The van der Waals surface area contributed by atoms with Gasteiger partial charge in [-0.3, -0.25) is 9.48 Å². The van der Waals surface area contributed by atoms with E-state index in [4.69, 9.17) is 0 Å². The van der Waals surface area contributed by atoms with Crippen LogP contribution >= 0.6 is 23.1 Å². The Morgan fingerprint density at radius 3 is 3.19 bits per heavy atom. The number of thioether (sulfide) groups is 1. The predicted octanol–water partition coefficient (Wildman–Crippen LogP) is 2.30. The highest BCUT2D eigenvalue weighted by Gasteiger charge is 2.21. The van der Waals surface area contributed by atoms with Crippen LogP contribution in [0.3, 0.4) is 0 Å². The standard InChI is InChI=1S/C14H18N4OS2/c1-18-5-4-12(17-18)14-16-11(9-21-14)7-15-13(19)10-3-2-6-20-8-10/h4-5,9-10H,2-3,6-8H2,1H3,(H,15,19). The van der Waals surface area contributed by atoms with Gasteiger partial charge in [-0.15, -0.1) is 11.3 Å². The van der Waals surface area contributed by atoms with E-state index in [1.807, 2.05) is 36.5 Å². The van der Waals surface area contributed by atoms with E-state index in [1.165, 1.54) is 5.75 Å². The van der Waals surface area contributed by atoms with Crippen molar-refractivity contribution < 1.29 is 4.79 Å². The lowest BCUT2D eigenvalue weighted by atomic mass is 10.0. The molecule has 1 saturated heterocycles. The van der Waals surface area contributed by atoms with Crippen LogP contribution in [0, 0.1) is 5.92 Å². The number of carbonyl (C=O) groups is 1. The maximum Gasteiger partial charge on any atom is 0.224 e. The zero-order chi connectivity index (χ0) is 14.7. The molecule has 21 heavy (non-hydrogen) atoms. The number of nitrogens with one attached hydrogen (secondary N) is 1. The molecule has 3 heterocycles. The fraction of sp³-hybridized carbons (Fsp3) is 0.500. The minimum absolute atomic E-state index is 0.162. The van der Waals surface area contributed by atoms with E-state index in [0.717, 1.165) is 35.0 Å². The first kappa shape index (κ1) is 14.6. The van der Waals surface area contributed by atoms with Crippen molar-refractivity contribution in [3.05, 3.63) is 23.3 Å². The van der Waals surface area contributed by atoms with Crippen molar-refractivity contribution >= 4 is 29.0 Å². The molecule has 5 nitrogen and oxygen atoms in total. The van der Waals surface area contributed by atoms with Gasteiger partial charge in [0.15, 0.2) is 0 Å². The minimum Gasteiger partial charge on any atom is -0.350 e. The number of aromatic nitrogens is 3. The molecule has 1 aliphatic rings. The lowest BCUT2D eigenvalue weighted by Gasteiger charge is -2.20. The number of thiazole rings is 1. The largest absolute Gasteiger partial charge is 0.350 e. The summed E-state index contributed by atoms with van der Waals surface area (Å²) in [6, 6.07) is 1.94. The Balaban J connectivity index is 1.56. The minimum atomic E-state index is 0.162. The van der Waals surface area contributed by atoms with Crippen LogP contribution in [0.4, 0.5) is 0 Å². The summed E-state index contributed by atoms with van der Waals surface area (Å²) in [5, 5.41) is 10.2. The van der Waals surface area contributed by atoms with Crippen molar-refractivity contribution in [2.24, 2.45) is 13.0 Å². The normalized spacial score (nSPS) is 18.6. The molecule has 7 heteroatoms. The molecule has 3 rings (SSSR count). The fourth-order valence-corrected chi connectivity index (χ4v) is 4.23. The molecule has 0 bridgehead atoms. The Hall–Kier alpha value is -1.34. The van der Waals surface area contributed by atoms with Crippen LogP contribution in [0.5, 0.6) is 0 Å². The van der Waals surface area contributed by atoms with Gasteiger partial charge in [0.2, 0.25) is 5.91 Å². The van der Waals surface area contributed by atoms with Gasteiger partial charge in [0.25, 0.3) is 0 Å². The maximum absolute atomic E-state index is 12.1. The van der Waals surface area contributed by atoms with E-state index in [1.54, 1.807) is 16.0 Å². The molecule has 0 saturated carbocycles. The molecule has 1 aliphatic heterocycles. The van der Waals surface area contributed by atoms with Gasteiger partial charge >= 0.3 is 0 Å². The summed E-state index contributed by atoms with van der Waals surface area (Å²) >= 11 is 3.43. The molecule has 1 amide bonds. The molecule has 0 aromatic carbocycles. The fourth-order valence-electron chi connectivity index (χ4n) is 2.30. The third kappa shape index (κ3) is 3.65. The Morgan fingerprint density at radius 1 is 1.57 bits per heavy atom. The van der Waals surface area contributed by atoms with Gasteiger partial charge in [0.1, 0.15) is 10.7 Å². The van der Waals surface area contributed by atoms with Crippen LogP contribution in [0.25, 0.3) is 10.7 Å². The molecule has 0 radical (unpaired) electrons. The molecule has 1 fully saturated rings. The number of aryl methyl sites for hydroxylation is 1. The summed E-state index contributed by atoms with van der Waals surface area (Å²) < 4.78 is 1.76. The van der Waals surface area contributed by atoms with E-state index in [9.17, 15) is 4.79 Å². The zero-order valence-electron chi connectivity index (χ0n) is 11.9. The van der Waals surface area contributed by atoms with Crippen LogP contribution in [-0.4, -0.2) is 32.2 Å². The summed E-state index contributed by atoms with van der Waals surface area (Å²) in [4.78, 5) is 16.6. The highest BCUT2D eigenvalue weighted by Crippen LogP contribution is 2.23. The Morgan fingerprint density at radius 2 is 2.48 bits per heavy atom. The lowest BCUT2D eigenvalue weighted by Crippen LogP contribution is -2.33. The smallest absolute Gasteiger partial charge is 0.224 e. The van der Waals surface area contributed by atoms with Gasteiger partial charge in [0.05, 0.1) is 12.2 Å². The number of rotatable bonds is 4. The molecule has 1 atom stereocenters. The van der Waals surface area contributed by atoms with Crippen molar-refractivity contribution in [2.45, 2.75) is 19.4 Å². The van der Waals surface area contributed by atoms with Gasteiger partial charge in [-0.1, -0.05) is 0 Å². The zero-order valence-corrected chi connectivity index (χ0v) is 13.5. The Kier molecular flexibility index (Phi) is 4.60. The average molecular weight is 322 g/mol. The second kappa shape index (κ2) is 6.62. The lowest BCUT2D eigenvalue weighted by molar-refractivity contribution is -0.124. The van der Waals surface area contributed by atoms with E-state index < -0.39 is 0 Å². The van der Waals surface area contributed by atoms with E-state index in [0.29, 0.717) is 6.54 Å². The summed E-state index contributed by atoms with van der Waals surface area (Å²) in [5.74, 6) is 2.46. The maximum atomic E-state index is 12.1. The van der Waals surface area contributed by atoms with Crippen molar-refractivity contribution in [3.63, 3.8) is 0 Å². The predicted molar refractivity (Wildman–Crippen MR) is 86.2 cm³/mol. The monoisotopic (exact) mass is 322 g/mol. The van der Waals surface area contributed by atoms with Gasteiger partial charge in [0, 0.05) is 30.3 Å². The topological polar surface area (TPSA) is 59.8 Å². The second-order valence-corrected chi connectivity index (χ2v) is 7.16. The SMILES string of the molecule is Cn1ccc(-c2nc(CNC(=O)C3CCCSC3)cs2)n1. The van der Waals surface area contributed by atoms with Crippen LogP contribution in [-0.2, 0) is 18.4 Å². The van der Waals surface area contributed by atoms with Gasteiger partial charge < -0.3 is 5.32 Å². The molecule has 112 valence electrons. The van der Waals surface area contributed by atoms with E-state index >= 15 is 0 Å². The number of hydrogen-bond acceptors (Lipinski definition) is 5. The van der Waals surface area contributed by atoms with E-state index in [-0.39, 0.29) is 11.8 Å². The van der Waals surface area contributed by atoms with Crippen molar-refractivity contribution in [3.8, 4) is 10.7 Å². The van der Waals surface area contributed by atoms with Gasteiger partial charge in [-0.05, 0) is 24.7 Å². The van der Waals surface area contributed by atoms with Crippen LogP contribution in [0.2, 0.25) is 0 Å². The summed E-state index contributed by atoms with van der Waals surface area (Å²) in [7, 11) is 1.89. The third-order valence-electron chi connectivity index (χ3n) is 3.46. The molecule has 2 aromatic rings. The molecule has 2 aromatic heterocycles. The van der Waals surface area contributed by atoms with Crippen LogP contribution in [0.15, 0.2) is 17.6 Å². The van der Waals surface area contributed by atoms with Crippen LogP contribution < -0.4 is 5.32 Å². The summed E-state index contributed by atoms with van der Waals surface area (Å²) in [5.41, 5.74) is 1.78. The molecular formula is C14H18N4OS2. The van der Waals surface area contributed by atoms with Crippen molar-refractivity contribution in [1.29, 1.82) is 0 Å². The first-order valence-electron chi connectivity index (χ1n) is 7.02. The van der Waals surface area contributed by atoms with E-state index in [2.05, 4.69) is 15.4 Å². The first-order chi connectivity index (χ1) is 10.2. The highest BCUT2D eigenvalue weighted by molar-refractivity contribution is 7.99. The quantitative estimate of drug-likeness (QED) is 0.938. The number of nitrogens with zero attached hydrogens (tertiary/aromatic N) is 3. The molecule has 0 spiro atoms. The van der Waals surface area contributed by atoms with Crippen molar-refractivity contribution in [2.75, 3.05) is 11.5 Å². The van der Waals surface area contributed by atoms with Gasteiger partial charge in [-0.25, -0.2) is 4.98 Å². The van der Waals surface area contributed by atoms with Gasteiger partial charge in [-0.2, -0.15) is 16.9 Å². The Bertz CT molecular complexity index is 616. The second-order valence-electron chi connectivity index (χ2n) is 5.15. The van der Waals surface area contributed by atoms with Crippen LogP contribution in [0.1, 0.15) is 18.5 Å². The molecular weight excluding hydrogens is 304 g/mol. The number of carbonyl (C=O) groups excluding carboxylic acids is 1. The Labute approximate surface area is 132 Å². The summed E-state index contributed by atoms with van der Waals surface area (Å²) in [6.07, 6.45) is 4.05. The third-order valence-corrected chi connectivity index (χ3v) is 5.59.